The van der Waals surface area contributed by atoms with E-state index in [2.05, 4.69) is 22.6 Å². The monoisotopic (exact) mass is 239 g/mol. The average Bonchev–Trinajstić information content (AvgIpc) is 2.74. The second-order valence-corrected chi connectivity index (χ2v) is 5.62. The van der Waals surface area contributed by atoms with Crippen molar-refractivity contribution in [2.75, 3.05) is 39.8 Å². The molecule has 2 N–H and O–H groups in total. The Morgan fingerprint density at radius 1 is 1.29 bits per heavy atom. The minimum Gasteiger partial charge on any atom is -0.356 e. The van der Waals surface area contributed by atoms with Gasteiger partial charge in [0.15, 0.2) is 0 Å². The maximum absolute atomic E-state index is 11.8. The Balaban J connectivity index is 1.60. The molecule has 4 nitrogen and oxygen atoms in total. The lowest BCUT2D eigenvalue weighted by Gasteiger charge is -2.22. The predicted molar refractivity (Wildman–Crippen MR) is 68.8 cm³/mol. The highest BCUT2D eigenvalue weighted by Gasteiger charge is 2.21. The molecular weight excluding hydrogens is 214 g/mol. The number of carbonyl (C=O) groups is 1. The molecule has 1 amide bonds. The Labute approximate surface area is 104 Å². The standard InChI is InChI=1S/C13H25N3O/c1-16-7-4-12(10-16)9-15-13(17)8-11-2-5-14-6-3-11/h11-12,14H,2-10H2,1H3,(H,15,17). The number of piperidine rings is 1. The number of rotatable bonds is 4. The van der Waals surface area contributed by atoms with Gasteiger partial charge in [-0.15, -0.1) is 0 Å². The molecule has 0 aliphatic carbocycles. The zero-order valence-electron chi connectivity index (χ0n) is 10.9. The summed E-state index contributed by atoms with van der Waals surface area (Å²) >= 11 is 0. The van der Waals surface area contributed by atoms with Crippen molar-refractivity contribution >= 4 is 5.91 Å². The van der Waals surface area contributed by atoms with Crippen LogP contribution in [0.15, 0.2) is 0 Å². The molecule has 0 bridgehead atoms. The minimum absolute atomic E-state index is 0.256. The van der Waals surface area contributed by atoms with Gasteiger partial charge in [-0.1, -0.05) is 0 Å². The van der Waals surface area contributed by atoms with Gasteiger partial charge in [0, 0.05) is 19.5 Å². The molecule has 98 valence electrons. The number of nitrogens with zero attached hydrogens (tertiary/aromatic N) is 1. The summed E-state index contributed by atoms with van der Waals surface area (Å²) in [4.78, 5) is 14.1. The number of likely N-dealkylation sites (tertiary alicyclic amines) is 1. The van der Waals surface area contributed by atoms with Gasteiger partial charge in [-0.25, -0.2) is 0 Å². The zero-order valence-corrected chi connectivity index (χ0v) is 10.9. The Morgan fingerprint density at radius 2 is 2.06 bits per heavy atom. The lowest BCUT2D eigenvalue weighted by Crippen LogP contribution is -2.34. The highest BCUT2D eigenvalue weighted by molar-refractivity contribution is 5.76. The van der Waals surface area contributed by atoms with Crippen molar-refractivity contribution in [3.05, 3.63) is 0 Å². The van der Waals surface area contributed by atoms with Crippen LogP contribution in [0.2, 0.25) is 0 Å². The fraction of sp³-hybridized carbons (Fsp3) is 0.923. The first kappa shape index (κ1) is 12.8. The molecule has 2 aliphatic heterocycles. The lowest BCUT2D eigenvalue weighted by molar-refractivity contribution is -0.122. The summed E-state index contributed by atoms with van der Waals surface area (Å²) in [6.07, 6.45) is 4.26. The molecule has 2 aliphatic rings. The molecule has 2 fully saturated rings. The topological polar surface area (TPSA) is 44.4 Å². The van der Waals surface area contributed by atoms with Gasteiger partial charge in [-0.05, 0) is 57.8 Å². The van der Waals surface area contributed by atoms with E-state index in [0.717, 1.165) is 45.4 Å². The van der Waals surface area contributed by atoms with Gasteiger partial charge in [0.25, 0.3) is 0 Å². The van der Waals surface area contributed by atoms with Crippen LogP contribution in [-0.2, 0) is 4.79 Å². The van der Waals surface area contributed by atoms with E-state index in [9.17, 15) is 4.79 Å². The van der Waals surface area contributed by atoms with Crippen LogP contribution < -0.4 is 10.6 Å². The zero-order chi connectivity index (χ0) is 12.1. The molecule has 0 spiro atoms. The number of carbonyl (C=O) groups excluding carboxylic acids is 1. The molecule has 4 heteroatoms. The fourth-order valence-corrected chi connectivity index (χ4v) is 2.87. The molecule has 1 unspecified atom stereocenters. The quantitative estimate of drug-likeness (QED) is 0.748. The predicted octanol–water partition coefficient (Wildman–Crippen LogP) is 0.444. The van der Waals surface area contributed by atoms with E-state index in [1.165, 1.54) is 13.0 Å². The summed E-state index contributed by atoms with van der Waals surface area (Å²) in [5.41, 5.74) is 0. The van der Waals surface area contributed by atoms with E-state index in [0.29, 0.717) is 11.8 Å². The fourth-order valence-electron chi connectivity index (χ4n) is 2.87. The van der Waals surface area contributed by atoms with Gasteiger partial charge in [0.05, 0.1) is 0 Å². The van der Waals surface area contributed by atoms with Crippen LogP contribution in [0.3, 0.4) is 0 Å². The van der Waals surface area contributed by atoms with Crippen molar-refractivity contribution in [1.29, 1.82) is 0 Å². The number of nitrogens with one attached hydrogen (secondary N) is 2. The molecule has 0 aromatic carbocycles. The average molecular weight is 239 g/mol. The molecule has 0 radical (unpaired) electrons. The molecule has 2 heterocycles. The van der Waals surface area contributed by atoms with E-state index < -0.39 is 0 Å². The SMILES string of the molecule is CN1CCC(CNC(=O)CC2CCNCC2)C1. The van der Waals surface area contributed by atoms with E-state index in [1.54, 1.807) is 0 Å². The van der Waals surface area contributed by atoms with Crippen LogP contribution in [0.1, 0.15) is 25.7 Å². The maximum atomic E-state index is 11.8. The van der Waals surface area contributed by atoms with E-state index >= 15 is 0 Å². The minimum atomic E-state index is 0.256. The lowest BCUT2D eigenvalue weighted by atomic mass is 9.94. The highest BCUT2D eigenvalue weighted by atomic mass is 16.1. The van der Waals surface area contributed by atoms with E-state index in [-0.39, 0.29) is 5.91 Å². The number of hydrogen-bond donors (Lipinski definition) is 2. The van der Waals surface area contributed by atoms with Crippen molar-refractivity contribution in [2.45, 2.75) is 25.7 Å². The van der Waals surface area contributed by atoms with Crippen LogP contribution in [0.25, 0.3) is 0 Å². The van der Waals surface area contributed by atoms with Crippen LogP contribution in [0.5, 0.6) is 0 Å². The molecule has 0 saturated carbocycles. The van der Waals surface area contributed by atoms with E-state index in [4.69, 9.17) is 0 Å². The largest absolute Gasteiger partial charge is 0.356 e. The first-order valence-electron chi connectivity index (χ1n) is 6.90. The Morgan fingerprint density at radius 3 is 2.71 bits per heavy atom. The van der Waals surface area contributed by atoms with Crippen molar-refractivity contribution in [1.82, 2.24) is 15.5 Å². The third kappa shape index (κ3) is 4.28. The Kier molecular flexibility index (Phi) is 4.80. The van der Waals surface area contributed by atoms with Crippen LogP contribution in [0, 0.1) is 11.8 Å². The molecule has 1 atom stereocenters. The van der Waals surface area contributed by atoms with Crippen molar-refractivity contribution < 1.29 is 4.79 Å². The molecule has 0 aromatic rings. The maximum Gasteiger partial charge on any atom is 0.220 e. The third-order valence-corrected chi connectivity index (χ3v) is 4.01. The van der Waals surface area contributed by atoms with Crippen LogP contribution in [-0.4, -0.2) is 50.6 Å². The van der Waals surface area contributed by atoms with Crippen LogP contribution >= 0.6 is 0 Å². The first-order valence-corrected chi connectivity index (χ1v) is 6.90. The first-order chi connectivity index (χ1) is 8.24. The third-order valence-electron chi connectivity index (χ3n) is 4.01. The second-order valence-electron chi connectivity index (χ2n) is 5.62. The summed E-state index contributed by atoms with van der Waals surface area (Å²) < 4.78 is 0. The molecule has 2 rings (SSSR count). The number of hydrogen-bond acceptors (Lipinski definition) is 3. The Hall–Kier alpha value is -0.610. The molecule has 17 heavy (non-hydrogen) atoms. The van der Waals surface area contributed by atoms with Crippen molar-refractivity contribution in [2.24, 2.45) is 11.8 Å². The summed E-state index contributed by atoms with van der Waals surface area (Å²) in [5, 5.41) is 6.44. The van der Waals surface area contributed by atoms with Gasteiger partial charge in [-0.3, -0.25) is 4.79 Å². The summed E-state index contributed by atoms with van der Waals surface area (Å²) in [6.45, 7) is 5.33. The second kappa shape index (κ2) is 6.36. The molecular formula is C13H25N3O. The van der Waals surface area contributed by atoms with Gasteiger partial charge in [0.2, 0.25) is 5.91 Å². The molecule has 2 saturated heterocycles. The summed E-state index contributed by atoms with van der Waals surface area (Å²) in [7, 11) is 2.15. The van der Waals surface area contributed by atoms with Gasteiger partial charge in [0.1, 0.15) is 0 Å². The summed E-state index contributed by atoms with van der Waals surface area (Å²) in [5.74, 6) is 1.52. The number of amides is 1. The highest BCUT2D eigenvalue weighted by Crippen LogP contribution is 2.16. The van der Waals surface area contributed by atoms with Crippen molar-refractivity contribution in [3.63, 3.8) is 0 Å². The normalized spacial score (nSPS) is 27.2. The summed E-state index contributed by atoms with van der Waals surface area (Å²) in [6, 6.07) is 0. The van der Waals surface area contributed by atoms with Gasteiger partial charge < -0.3 is 15.5 Å². The van der Waals surface area contributed by atoms with E-state index in [1.807, 2.05) is 0 Å². The Bertz CT molecular complexity index is 251. The van der Waals surface area contributed by atoms with Gasteiger partial charge >= 0.3 is 0 Å². The van der Waals surface area contributed by atoms with Crippen LogP contribution in [0.4, 0.5) is 0 Å². The van der Waals surface area contributed by atoms with Crippen molar-refractivity contribution in [3.8, 4) is 0 Å². The smallest absolute Gasteiger partial charge is 0.220 e. The van der Waals surface area contributed by atoms with Gasteiger partial charge in [-0.2, -0.15) is 0 Å². The molecule has 0 aromatic heterocycles.